The topological polar surface area (TPSA) is 56.2 Å². The van der Waals surface area contributed by atoms with Crippen LogP contribution in [0.1, 0.15) is 11.3 Å². The van der Waals surface area contributed by atoms with Crippen molar-refractivity contribution in [2.45, 2.75) is 13.8 Å². The third-order valence-corrected chi connectivity index (χ3v) is 3.09. The second-order valence-corrected chi connectivity index (χ2v) is 4.48. The Morgan fingerprint density at radius 1 is 0.944 bits per heavy atom. The summed E-state index contributed by atoms with van der Waals surface area (Å²) in [4.78, 5) is 0. The summed E-state index contributed by atoms with van der Waals surface area (Å²) in [5, 5.41) is 8.42. The fourth-order valence-corrected chi connectivity index (χ4v) is 2.05. The number of nitrogens with two attached hydrogens (primary N) is 1. The maximum atomic E-state index is 5.92. The van der Waals surface area contributed by atoms with Crippen molar-refractivity contribution >= 4 is 11.3 Å². The Morgan fingerprint density at radius 3 is 2.39 bits per heavy atom. The van der Waals surface area contributed by atoms with E-state index in [1.165, 1.54) is 5.56 Å². The van der Waals surface area contributed by atoms with Gasteiger partial charge in [-0.2, -0.15) is 0 Å². The van der Waals surface area contributed by atoms with Crippen molar-refractivity contribution in [1.29, 1.82) is 0 Å². The lowest BCUT2D eigenvalue weighted by Gasteiger charge is -2.05. The summed E-state index contributed by atoms with van der Waals surface area (Å²) in [7, 11) is 0. The monoisotopic (exact) mass is 238 g/mol. The first-order chi connectivity index (χ1) is 8.66. The SMILES string of the molecule is Cc1ccc(-c2nnc3c(N)ccc(C)n23)cc1. The number of rotatable bonds is 1. The Kier molecular flexibility index (Phi) is 2.30. The van der Waals surface area contributed by atoms with Gasteiger partial charge >= 0.3 is 0 Å². The zero-order chi connectivity index (χ0) is 12.7. The molecule has 0 spiro atoms. The Morgan fingerprint density at radius 2 is 1.67 bits per heavy atom. The van der Waals surface area contributed by atoms with Crippen molar-refractivity contribution in [2.24, 2.45) is 0 Å². The third kappa shape index (κ3) is 1.54. The van der Waals surface area contributed by atoms with Gasteiger partial charge in [-0.1, -0.05) is 29.8 Å². The number of nitrogens with zero attached hydrogens (tertiary/aromatic N) is 3. The summed E-state index contributed by atoms with van der Waals surface area (Å²) >= 11 is 0. The minimum atomic E-state index is 0.645. The molecule has 0 aliphatic carbocycles. The van der Waals surface area contributed by atoms with Gasteiger partial charge in [0.2, 0.25) is 0 Å². The van der Waals surface area contributed by atoms with Gasteiger partial charge in [-0.15, -0.1) is 10.2 Å². The molecule has 1 aromatic carbocycles. The number of hydrogen-bond acceptors (Lipinski definition) is 3. The van der Waals surface area contributed by atoms with Crippen molar-refractivity contribution in [1.82, 2.24) is 14.6 Å². The molecule has 4 nitrogen and oxygen atoms in total. The molecule has 0 radical (unpaired) electrons. The van der Waals surface area contributed by atoms with E-state index in [2.05, 4.69) is 41.4 Å². The fraction of sp³-hybridized carbons (Fsp3) is 0.143. The Hall–Kier alpha value is -2.36. The maximum absolute atomic E-state index is 5.92. The zero-order valence-electron chi connectivity index (χ0n) is 10.4. The van der Waals surface area contributed by atoms with Crippen LogP contribution in [0.15, 0.2) is 36.4 Å². The van der Waals surface area contributed by atoms with Crippen LogP contribution in [0.25, 0.3) is 17.0 Å². The molecule has 0 aliphatic rings. The number of aryl methyl sites for hydroxylation is 2. The molecule has 2 heterocycles. The number of anilines is 1. The fourth-order valence-electron chi connectivity index (χ4n) is 2.05. The molecule has 0 unspecified atom stereocenters. The molecule has 0 aliphatic heterocycles. The van der Waals surface area contributed by atoms with Gasteiger partial charge in [0.05, 0.1) is 5.69 Å². The molecule has 90 valence electrons. The molecule has 0 amide bonds. The summed E-state index contributed by atoms with van der Waals surface area (Å²) in [5.74, 6) is 0.829. The molecule has 3 rings (SSSR count). The normalized spacial score (nSPS) is 11.0. The summed E-state index contributed by atoms with van der Waals surface area (Å²) in [6.45, 7) is 4.09. The average molecular weight is 238 g/mol. The highest BCUT2D eigenvalue weighted by Crippen LogP contribution is 2.23. The number of pyridine rings is 1. The summed E-state index contributed by atoms with van der Waals surface area (Å²) in [5.41, 5.74) is 10.6. The Bertz CT molecular complexity index is 710. The number of hydrogen-bond donors (Lipinski definition) is 1. The lowest BCUT2D eigenvalue weighted by molar-refractivity contribution is 1.08. The molecule has 4 heteroatoms. The minimum Gasteiger partial charge on any atom is -0.396 e. The second kappa shape index (κ2) is 3.84. The largest absolute Gasteiger partial charge is 0.396 e. The van der Waals surface area contributed by atoms with E-state index < -0.39 is 0 Å². The Labute approximate surface area is 105 Å². The zero-order valence-corrected chi connectivity index (χ0v) is 10.4. The van der Waals surface area contributed by atoms with E-state index in [9.17, 15) is 0 Å². The van der Waals surface area contributed by atoms with Gasteiger partial charge in [-0.05, 0) is 26.0 Å². The molecular weight excluding hydrogens is 224 g/mol. The van der Waals surface area contributed by atoms with E-state index in [4.69, 9.17) is 5.73 Å². The van der Waals surface area contributed by atoms with Gasteiger partial charge in [0, 0.05) is 11.3 Å². The molecule has 0 fully saturated rings. The molecule has 18 heavy (non-hydrogen) atoms. The van der Waals surface area contributed by atoms with E-state index >= 15 is 0 Å². The number of benzene rings is 1. The Balaban J connectivity index is 2.30. The van der Waals surface area contributed by atoms with E-state index in [0.29, 0.717) is 11.3 Å². The van der Waals surface area contributed by atoms with Crippen LogP contribution in [0.5, 0.6) is 0 Å². The molecule has 0 bridgehead atoms. The van der Waals surface area contributed by atoms with Gasteiger partial charge < -0.3 is 5.73 Å². The van der Waals surface area contributed by atoms with Crippen molar-refractivity contribution in [3.8, 4) is 11.4 Å². The third-order valence-electron chi connectivity index (χ3n) is 3.09. The van der Waals surface area contributed by atoms with E-state index in [0.717, 1.165) is 17.1 Å². The summed E-state index contributed by atoms with van der Waals surface area (Å²) < 4.78 is 1.99. The van der Waals surface area contributed by atoms with E-state index in [1.807, 2.05) is 23.5 Å². The van der Waals surface area contributed by atoms with Crippen LogP contribution in [0.2, 0.25) is 0 Å². The predicted molar refractivity (Wildman–Crippen MR) is 72.3 cm³/mol. The van der Waals surface area contributed by atoms with E-state index in [1.54, 1.807) is 0 Å². The van der Waals surface area contributed by atoms with Crippen molar-refractivity contribution < 1.29 is 0 Å². The highest BCUT2D eigenvalue weighted by Gasteiger charge is 2.11. The number of nitrogen functional groups attached to an aromatic ring is 1. The van der Waals surface area contributed by atoms with Gasteiger partial charge in [0.1, 0.15) is 0 Å². The predicted octanol–water partition coefficient (Wildman–Crippen LogP) is 2.60. The standard InChI is InChI=1S/C14H14N4/c1-9-3-6-11(7-4-9)13-16-17-14-12(15)8-5-10(2)18(13)14/h3-8H,15H2,1-2H3. The van der Waals surface area contributed by atoms with Crippen molar-refractivity contribution in [3.05, 3.63) is 47.7 Å². The van der Waals surface area contributed by atoms with Gasteiger partial charge in [0.15, 0.2) is 11.5 Å². The second-order valence-electron chi connectivity index (χ2n) is 4.48. The van der Waals surface area contributed by atoms with E-state index in [-0.39, 0.29) is 0 Å². The first-order valence-corrected chi connectivity index (χ1v) is 5.84. The number of fused-ring (bicyclic) bond motifs is 1. The summed E-state index contributed by atoms with van der Waals surface area (Å²) in [6.07, 6.45) is 0. The quantitative estimate of drug-likeness (QED) is 0.709. The summed E-state index contributed by atoms with van der Waals surface area (Å²) in [6, 6.07) is 12.1. The first-order valence-electron chi connectivity index (χ1n) is 5.84. The first kappa shape index (κ1) is 10.8. The van der Waals surface area contributed by atoms with Crippen molar-refractivity contribution in [3.63, 3.8) is 0 Å². The highest BCUT2D eigenvalue weighted by molar-refractivity contribution is 5.69. The molecule has 0 atom stereocenters. The van der Waals surface area contributed by atoms with Crippen LogP contribution in [0.4, 0.5) is 5.69 Å². The van der Waals surface area contributed by atoms with Gasteiger partial charge in [0.25, 0.3) is 0 Å². The van der Waals surface area contributed by atoms with Crippen LogP contribution in [-0.4, -0.2) is 14.6 Å². The van der Waals surface area contributed by atoms with Crippen LogP contribution in [0, 0.1) is 13.8 Å². The molecule has 0 saturated heterocycles. The maximum Gasteiger partial charge on any atom is 0.184 e. The average Bonchev–Trinajstić information content (AvgIpc) is 2.81. The van der Waals surface area contributed by atoms with Gasteiger partial charge in [-0.3, -0.25) is 4.40 Å². The molecular formula is C14H14N4. The molecule has 3 aromatic rings. The molecule has 2 aromatic heterocycles. The number of aromatic nitrogens is 3. The van der Waals surface area contributed by atoms with Crippen molar-refractivity contribution in [2.75, 3.05) is 5.73 Å². The van der Waals surface area contributed by atoms with Crippen LogP contribution >= 0.6 is 0 Å². The van der Waals surface area contributed by atoms with Crippen LogP contribution < -0.4 is 5.73 Å². The lowest BCUT2D eigenvalue weighted by atomic mass is 10.1. The van der Waals surface area contributed by atoms with Gasteiger partial charge in [-0.25, -0.2) is 0 Å². The minimum absolute atomic E-state index is 0.645. The smallest absolute Gasteiger partial charge is 0.184 e. The van der Waals surface area contributed by atoms with Crippen LogP contribution in [0.3, 0.4) is 0 Å². The molecule has 2 N–H and O–H groups in total. The lowest BCUT2D eigenvalue weighted by Crippen LogP contribution is -1.97. The highest BCUT2D eigenvalue weighted by atomic mass is 15.3. The molecule has 0 saturated carbocycles. The van der Waals surface area contributed by atoms with Crippen LogP contribution in [-0.2, 0) is 0 Å².